The summed E-state index contributed by atoms with van der Waals surface area (Å²) in [5.41, 5.74) is 0.998. The molecule has 0 amide bonds. The predicted molar refractivity (Wildman–Crippen MR) is 78.3 cm³/mol. The molecule has 0 spiro atoms. The van der Waals surface area contributed by atoms with Gasteiger partial charge in [-0.05, 0) is 44.5 Å². The fraction of sp³-hybridized carbons (Fsp3) is 0.571. The van der Waals surface area contributed by atoms with Crippen molar-refractivity contribution in [3.63, 3.8) is 0 Å². The lowest BCUT2D eigenvalue weighted by Crippen LogP contribution is -2.33. The first-order valence-electron chi connectivity index (χ1n) is 6.84. The van der Waals surface area contributed by atoms with Crippen LogP contribution in [-0.4, -0.2) is 39.5 Å². The third-order valence-electron chi connectivity index (χ3n) is 3.69. The number of rotatable bonds is 5. The molecule has 2 rings (SSSR count). The van der Waals surface area contributed by atoms with Gasteiger partial charge in [-0.25, -0.2) is 8.42 Å². The number of hydrogen-bond acceptors (Lipinski definition) is 4. The van der Waals surface area contributed by atoms with E-state index in [0.717, 1.165) is 18.4 Å². The molecule has 0 radical (unpaired) electrons. The first-order chi connectivity index (χ1) is 9.50. The Morgan fingerprint density at radius 3 is 2.75 bits per heavy atom. The van der Waals surface area contributed by atoms with E-state index in [1.165, 1.54) is 7.11 Å². The fourth-order valence-electron chi connectivity index (χ4n) is 2.63. The Kier molecular flexibility index (Phi) is 4.67. The van der Waals surface area contributed by atoms with Gasteiger partial charge in [0.1, 0.15) is 10.6 Å². The number of hydrogen-bond donors (Lipinski definition) is 1. The smallest absolute Gasteiger partial charge is 0.246 e. The summed E-state index contributed by atoms with van der Waals surface area (Å²) in [4.78, 5) is 0.258. The Hall–Kier alpha value is -1.11. The molecule has 1 aromatic rings. The van der Waals surface area contributed by atoms with E-state index in [9.17, 15) is 8.42 Å². The van der Waals surface area contributed by atoms with Crippen LogP contribution in [0.2, 0.25) is 0 Å². The molecular formula is C14H22N2O3S. The lowest BCUT2D eigenvalue weighted by molar-refractivity contribution is 0.386. The van der Waals surface area contributed by atoms with E-state index in [4.69, 9.17) is 4.74 Å². The van der Waals surface area contributed by atoms with Crippen LogP contribution in [0.4, 0.5) is 0 Å². The Morgan fingerprint density at radius 2 is 2.20 bits per heavy atom. The van der Waals surface area contributed by atoms with Crippen LogP contribution in [0.3, 0.4) is 0 Å². The summed E-state index contributed by atoms with van der Waals surface area (Å²) in [6, 6.07) is 5.31. The van der Waals surface area contributed by atoms with Crippen LogP contribution >= 0.6 is 0 Å². The van der Waals surface area contributed by atoms with Gasteiger partial charge in [-0.3, -0.25) is 0 Å². The van der Waals surface area contributed by atoms with Crippen LogP contribution in [-0.2, 0) is 16.6 Å². The molecule has 5 nitrogen and oxygen atoms in total. The van der Waals surface area contributed by atoms with Crippen molar-refractivity contribution in [3.8, 4) is 5.75 Å². The standard InChI is InChI=1S/C14H22N2O3S/c1-11-5-4-8-16(11)20(17,18)14-7-6-12(10-15-2)9-13(14)19-3/h6-7,9,11,15H,4-5,8,10H2,1-3H3. The summed E-state index contributed by atoms with van der Waals surface area (Å²) in [5, 5.41) is 3.04. The van der Waals surface area contributed by atoms with Crippen molar-refractivity contribution >= 4 is 10.0 Å². The number of sulfonamides is 1. The Bertz CT molecular complexity index is 572. The number of methoxy groups -OCH3 is 1. The molecule has 1 fully saturated rings. The van der Waals surface area contributed by atoms with Gasteiger partial charge in [-0.15, -0.1) is 0 Å². The molecule has 1 aliphatic heterocycles. The predicted octanol–water partition coefficient (Wildman–Crippen LogP) is 1.59. The van der Waals surface area contributed by atoms with Crippen LogP contribution in [0.5, 0.6) is 5.75 Å². The van der Waals surface area contributed by atoms with Crippen molar-refractivity contribution < 1.29 is 13.2 Å². The molecule has 0 saturated carbocycles. The minimum absolute atomic E-state index is 0.0571. The van der Waals surface area contributed by atoms with Crippen LogP contribution in [0, 0.1) is 0 Å². The fourth-order valence-corrected chi connectivity index (χ4v) is 4.47. The molecule has 6 heteroatoms. The Balaban J connectivity index is 2.40. The van der Waals surface area contributed by atoms with Crippen molar-refractivity contribution in [1.82, 2.24) is 9.62 Å². The Morgan fingerprint density at radius 1 is 1.45 bits per heavy atom. The molecule has 1 atom stereocenters. The van der Waals surface area contributed by atoms with Gasteiger partial charge in [-0.2, -0.15) is 4.31 Å². The van der Waals surface area contributed by atoms with Gasteiger partial charge in [0.25, 0.3) is 0 Å². The lowest BCUT2D eigenvalue weighted by atomic mass is 10.2. The van der Waals surface area contributed by atoms with Crippen molar-refractivity contribution in [1.29, 1.82) is 0 Å². The molecule has 1 aromatic carbocycles. The lowest BCUT2D eigenvalue weighted by Gasteiger charge is -2.22. The SMILES string of the molecule is CNCc1ccc(S(=O)(=O)N2CCCC2C)c(OC)c1. The zero-order valence-electron chi connectivity index (χ0n) is 12.2. The van der Waals surface area contributed by atoms with E-state index < -0.39 is 10.0 Å². The molecule has 20 heavy (non-hydrogen) atoms. The molecule has 1 heterocycles. The van der Waals surface area contributed by atoms with Crippen LogP contribution in [0.25, 0.3) is 0 Å². The number of nitrogens with zero attached hydrogens (tertiary/aromatic N) is 1. The van der Waals surface area contributed by atoms with E-state index in [1.54, 1.807) is 16.4 Å². The summed E-state index contributed by atoms with van der Waals surface area (Å²) in [5.74, 6) is 0.414. The minimum atomic E-state index is -3.47. The summed E-state index contributed by atoms with van der Waals surface area (Å²) in [6.07, 6.45) is 1.83. The molecule has 1 N–H and O–H groups in total. The number of benzene rings is 1. The molecule has 1 aliphatic rings. The molecule has 1 unspecified atom stereocenters. The Labute approximate surface area is 121 Å². The quantitative estimate of drug-likeness (QED) is 0.897. The second-order valence-corrected chi connectivity index (χ2v) is 6.98. The molecule has 112 valence electrons. The van der Waals surface area contributed by atoms with Crippen molar-refractivity contribution in [2.45, 2.75) is 37.2 Å². The maximum Gasteiger partial charge on any atom is 0.246 e. The van der Waals surface area contributed by atoms with E-state index in [-0.39, 0.29) is 10.9 Å². The summed E-state index contributed by atoms with van der Waals surface area (Å²) < 4.78 is 32.3. The van der Waals surface area contributed by atoms with Gasteiger partial charge >= 0.3 is 0 Å². The zero-order valence-corrected chi connectivity index (χ0v) is 13.0. The van der Waals surface area contributed by atoms with Gasteiger partial charge in [-0.1, -0.05) is 6.07 Å². The zero-order chi connectivity index (χ0) is 14.8. The first-order valence-corrected chi connectivity index (χ1v) is 8.28. The molecular weight excluding hydrogens is 276 g/mol. The highest BCUT2D eigenvalue weighted by Crippen LogP contribution is 2.31. The monoisotopic (exact) mass is 298 g/mol. The van der Waals surface area contributed by atoms with E-state index in [2.05, 4.69) is 5.32 Å². The van der Waals surface area contributed by atoms with Crippen LogP contribution < -0.4 is 10.1 Å². The van der Waals surface area contributed by atoms with E-state index in [1.807, 2.05) is 20.0 Å². The summed E-state index contributed by atoms with van der Waals surface area (Å²) >= 11 is 0. The third kappa shape index (κ3) is 2.82. The molecule has 0 aliphatic carbocycles. The summed E-state index contributed by atoms with van der Waals surface area (Å²) in [6.45, 7) is 3.22. The topological polar surface area (TPSA) is 58.6 Å². The maximum absolute atomic E-state index is 12.7. The van der Waals surface area contributed by atoms with Gasteiger partial charge in [0.15, 0.2) is 0 Å². The normalized spacial score (nSPS) is 20.2. The highest BCUT2D eigenvalue weighted by molar-refractivity contribution is 7.89. The molecule has 0 aromatic heterocycles. The highest BCUT2D eigenvalue weighted by atomic mass is 32.2. The largest absolute Gasteiger partial charge is 0.495 e. The number of nitrogens with one attached hydrogen (secondary N) is 1. The van der Waals surface area contributed by atoms with Crippen molar-refractivity contribution in [3.05, 3.63) is 23.8 Å². The average Bonchev–Trinajstić information content (AvgIpc) is 2.86. The summed E-state index contributed by atoms with van der Waals surface area (Å²) in [7, 11) is -0.119. The van der Waals surface area contributed by atoms with Gasteiger partial charge in [0.2, 0.25) is 10.0 Å². The van der Waals surface area contributed by atoms with Gasteiger partial charge < -0.3 is 10.1 Å². The maximum atomic E-state index is 12.7. The van der Waals surface area contributed by atoms with Crippen molar-refractivity contribution in [2.75, 3.05) is 20.7 Å². The van der Waals surface area contributed by atoms with E-state index >= 15 is 0 Å². The minimum Gasteiger partial charge on any atom is -0.495 e. The first kappa shape index (κ1) is 15.3. The molecule has 0 bridgehead atoms. The van der Waals surface area contributed by atoms with Crippen molar-refractivity contribution in [2.24, 2.45) is 0 Å². The van der Waals surface area contributed by atoms with Gasteiger partial charge in [0, 0.05) is 19.1 Å². The highest BCUT2D eigenvalue weighted by Gasteiger charge is 2.34. The average molecular weight is 298 g/mol. The third-order valence-corrected chi connectivity index (χ3v) is 5.74. The van der Waals surface area contributed by atoms with Gasteiger partial charge in [0.05, 0.1) is 7.11 Å². The second kappa shape index (κ2) is 6.11. The number of ether oxygens (including phenoxy) is 1. The molecule has 1 saturated heterocycles. The second-order valence-electron chi connectivity index (χ2n) is 5.12. The van der Waals surface area contributed by atoms with Crippen LogP contribution in [0.1, 0.15) is 25.3 Å². The van der Waals surface area contributed by atoms with E-state index in [0.29, 0.717) is 18.8 Å². The van der Waals surface area contributed by atoms with Crippen LogP contribution in [0.15, 0.2) is 23.1 Å².